The molecule has 1 aliphatic rings. The number of piperazine rings is 1. The van der Waals surface area contributed by atoms with Crippen LogP contribution in [-0.4, -0.2) is 48.1 Å². The summed E-state index contributed by atoms with van der Waals surface area (Å²) >= 11 is 0. The van der Waals surface area contributed by atoms with E-state index in [1.807, 2.05) is 4.90 Å². The average Bonchev–Trinajstić information content (AvgIpc) is 2.40. The van der Waals surface area contributed by atoms with Gasteiger partial charge in [0, 0.05) is 39.2 Å². The van der Waals surface area contributed by atoms with Crippen LogP contribution in [0.4, 0.5) is 15.8 Å². The van der Waals surface area contributed by atoms with E-state index in [0.29, 0.717) is 31.9 Å². The van der Waals surface area contributed by atoms with Crippen LogP contribution in [0.15, 0.2) is 12.1 Å². The molecule has 0 aromatic heterocycles. The van der Waals surface area contributed by atoms with Crippen LogP contribution in [0, 0.1) is 5.82 Å². The Labute approximate surface area is 115 Å². The fourth-order valence-corrected chi connectivity index (χ4v) is 2.28. The van der Waals surface area contributed by atoms with Gasteiger partial charge in [0.15, 0.2) is 0 Å². The highest BCUT2D eigenvalue weighted by Crippen LogP contribution is 2.27. The van der Waals surface area contributed by atoms with Gasteiger partial charge in [0.25, 0.3) is 0 Å². The number of carboxylic acids is 1. The molecule has 0 radical (unpaired) electrons. The van der Waals surface area contributed by atoms with Crippen LogP contribution in [0.2, 0.25) is 0 Å². The van der Waals surface area contributed by atoms with E-state index < -0.39 is 17.3 Å². The third-order valence-electron chi connectivity index (χ3n) is 3.41. The second-order valence-electron chi connectivity index (χ2n) is 4.69. The average molecular weight is 281 g/mol. The Morgan fingerprint density at radius 1 is 1.25 bits per heavy atom. The van der Waals surface area contributed by atoms with Gasteiger partial charge in [0.1, 0.15) is 5.82 Å². The Morgan fingerprint density at radius 3 is 2.35 bits per heavy atom. The summed E-state index contributed by atoms with van der Waals surface area (Å²) in [4.78, 5) is 25.6. The molecule has 0 spiro atoms. The van der Waals surface area contributed by atoms with E-state index in [9.17, 15) is 14.0 Å². The van der Waals surface area contributed by atoms with E-state index in [1.54, 1.807) is 4.90 Å². The molecule has 2 rings (SSSR count). The van der Waals surface area contributed by atoms with E-state index >= 15 is 0 Å². The molecule has 0 bridgehead atoms. The van der Waals surface area contributed by atoms with Crippen molar-refractivity contribution in [3.8, 4) is 0 Å². The molecule has 0 saturated carbocycles. The van der Waals surface area contributed by atoms with E-state index in [2.05, 4.69) is 0 Å². The number of aromatic carboxylic acids is 1. The smallest absolute Gasteiger partial charge is 0.338 e. The number of rotatable bonds is 2. The Bertz CT molecular complexity index is 554. The minimum absolute atomic E-state index is 0.00466. The lowest BCUT2D eigenvalue weighted by Gasteiger charge is -2.36. The van der Waals surface area contributed by atoms with Crippen molar-refractivity contribution in [1.82, 2.24) is 4.90 Å². The Kier molecular flexibility index (Phi) is 3.78. The van der Waals surface area contributed by atoms with Gasteiger partial charge in [-0.05, 0) is 6.07 Å². The number of nitrogens with zero attached hydrogens (tertiary/aromatic N) is 2. The SMILES string of the molecule is CC(=O)N1CCN(c2cc(F)c(C(=O)O)cc2N)CC1. The van der Waals surface area contributed by atoms with Crippen LogP contribution in [0.5, 0.6) is 0 Å². The van der Waals surface area contributed by atoms with Crippen LogP contribution in [0.1, 0.15) is 17.3 Å². The van der Waals surface area contributed by atoms with Crippen molar-refractivity contribution in [3.05, 3.63) is 23.5 Å². The molecule has 7 heteroatoms. The zero-order valence-electron chi connectivity index (χ0n) is 11.1. The summed E-state index contributed by atoms with van der Waals surface area (Å²) < 4.78 is 13.7. The number of carboxylic acid groups (broad SMARTS) is 1. The van der Waals surface area contributed by atoms with Gasteiger partial charge in [0.2, 0.25) is 5.91 Å². The fraction of sp³-hybridized carbons (Fsp3) is 0.385. The predicted octanol–water partition coefficient (Wildman–Crippen LogP) is 0.775. The van der Waals surface area contributed by atoms with Gasteiger partial charge in [-0.3, -0.25) is 4.79 Å². The van der Waals surface area contributed by atoms with Gasteiger partial charge in [-0.2, -0.15) is 0 Å². The van der Waals surface area contributed by atoms with Crippen LogP contribution in [0.3, 0.4) is 0 Å². The summed E-state index contributed by atoms with van der Waals surface area (Å²) in [6.45, 7) is 3.66. The number of anilines is 2. The first-order chi connectivity index (χ1) is 9.40. The lowest BCUT2D eigenvalue weighted by molar-refractivity contribution is -0.129. The standard InChI is InChI=1S/C13H16FN3O3/c1-8(18)16-2-4-17(5-3-16)12-7-10(14)9(13(19)20)6-11(12)15/h6-7H,2-5,15H2,1H3,(H,19,20). The molecule has 1 fully saturated rings. The van der Waals surface area contributed by atoms with Gasteiger partial charge in [-0.15, -0.1) is 0 Å². The van der Waals surface area contributed by atoms with Crippen LogP contribution in [0.25, 0.3) is 0 Å². The molecule has 0 atom stereocenters. The number of halogens is 1. The number of nitrogen functional groups attached to an aromatic ring is 1. The van der Waals surface area contributed by atoms with Crippen LogP contribution in [-0.2, 0) is 4.79 Å². The lowest BCUT2D eigenvalue weighted by atomic mass is 10.1. The fourth-order valence-electron chi connectivity index (χ4n) is 2.28. The number of hydrogen-bond acceptors (Lipinski definition) is 4. The Hall–Kier alpha value is -2.31. The highest BCUT2D eigenvalue weighted by atomic mass is 19.1. The first-order valence-electron chi connectivity index (χ1n) is 6.23. The number of hydrogen-bond donors (Lipinski definition) is 2. The number of benzene rings is 1. The van der Waals surface area contributed by atoms with Gasteiger partial charge in [-0.1, -0.05) is 0 Å². The molecule has 3 N–H and O–H groups in total. The molecule has 108 valence electrons. The molecule has 1 aliphatic heterocycles. The second-order valence-corrected chi connectivity index (χ2v) is 4.69. The van der Waals surface area contributed by atoms with Gasteiger partial charge >= 0.3 is 5.97 Å². The maximum Gasteiger partial charge on any atom is 0.338 e. The summed E-state index contributed by atoms with van der Waals surface area (Å²) in [5.74, 6) is -2.15. The molecular formula is C13H16FN3O3. The molecule has 1 aromatic carbocycles. The molecule has 1 saturated heterocycles. The number of amides is 1. The quantitative estimate of drug-likeness (QED) is 0.782. The molecule has 1 aromatic rings. The van der Waals surface area contributed by atoms with Crippen molar-refractivity contribution < 1.29 is 19.1 Å². The third-order valence-corrected chi connectivity index (χ3v) is 3.41. The zero-order chi connectivity index (χ0) is 14.9. The molecular weight excluding hydrogens is 265 g/mol. The maximum absolute atomic E-state index is 13.7. The Morgan fingerprint density at radius 2 is 1.85 bits per heavy atom. The zero-order valence-corrected chi connectivity index (χ0v) is 11.1. The summed E-state index contributed by atoms with van der Waals surface area (Å²) in [5, 5.41) is 8.83. The molecule has 0 aliphatic carbocycles. The van der Waals surface area contributed by atoms with E-state index in [0.717, 1.165) is 12.1 Å². The van der Waals surface area contributed by atoms with Crippen molar-refractivity contribution in [1.29, 1.82) is 0 Å². The predicted molar refractivity (Wildman–Crippen MR) is 72.2 cm³/mol. The summed E-state index contributed by atoms with van der Waals surface area (Å²) in [6, 6.07) is 2.27. The Balaban J connectivity index is 2.20. The molecule has 0 unspecified atom stereocenters. The van der Waals surface area contributed by atoms with Crippen LogP contribution >= 0.6 is 0 Å². The van der Waals surface area contributed by atoms with E-state index in [-0.39, 0.29) is 11.6 Å². The van der Waals surface area contributed by atoms with Crippen molar-refractivity contribution in [2.45, 2.75) is 6.92 Å². The summed E-state index contributed by atoms with van der Waals surface area (Å²) in [7, 11) is 0. The summed E-state index contributed by atoms with van der Waals surface area (Å²) in [6.07, 6.45) is 0. The lowest BCUT2D eigenvalue weighted by Crippen LogP contribution is -2.48. The number of carbonyl (C=O) groups is 2. The highest BCUT2D eigenvalue weighted by Gasteiger charge is 2.22. The number of carbonyl (C=O) groups excluding carboxylic acids is 1. The van der Waals surface area contributed by atoms with Gasteiger partial charge < -0.3 is 20.6 Å². The maximum atomic E-state index is 13.7. The largest absolute Gasteiger partial charge is 0.478 e. The van der Waals surface area contributed by atoms with Crippen molar-refractivity contribution in [3.63, 3.8) is 0 Å². The molecule has 1 heterocycles. The first kappa shape index (κ1) is 14.1. The topological polar surface area (TPSA) is 86.9 Å². The van der Waals surface area contributed by atoms with Crippen molar-refractivity contribution in [2.75, 3.05) is 36.8 Å². The molecule has 20 heavy (non-hydrogen) atoms. The van der Waals surface area contributed by atoms with Crippen molar-refractivity contribution >= 4 is 23.3 Å². The monoisotopic (exact) mass is 281 g/mol. The second kappa shape index (κ2) is 5.36. The van der Waals surface area contributed by atoms with Gasteiger partial charge in [0.05, 0.1) is 16.9 Å². The minimum Gasteiger partial charge on any atom is -0.478 e. The van der Waals surface area contributed by atoms with Crippen LogP contribution < -0.4 is 10.6 Å². The summed E-state index contributed by atoms with van der Waals surface area (Å²) in [5.41, 5.74) is 6.06. The molecule has 1 amide bonds. The third kappa shape index (κ3) is 2.66. The van der Waals surface area contributed by atoms with Gasteiger partial charge in [-0.25, -0.2) is 9.18 Å². The normalized spacial score (nSPS) is 15.3. The van der Waals surface area contributed by atoms with E-state index in [1.165, 1.54) is 6.92 Å². The van der Waals surface area contributed by atoms with E-state index in [4.69, 9.17) is 10.8 Å². The minimum atomic E-state index is -1.35. The highest BCUT2D eigenvalue weighted by molar-refractivity contribution is 5.91. The number of nitrogens with two attached hydrogens (primary N) is 1. The molecule has 6 nitrogen and oxygen atoms in total. The van der Waals surface area contributed by atoms with Crippen molar-refractivity contribution in [2.24, 2.45) is 0 Å². The first-order valence-corrected chi connectivity index (χ1v) is 6.23.